The van der Waals surface area contributed by atoms with Gasteiger partial charge >= 0.3 is 0 Å². The maximum absolute atomic E-state index is 11.1. The highest BCUT2D eigenvalue weighted by Gasteiger charge is 2.34. The van der Waals surface area contributed by atoms with Crippen LogP contribution >= 0.6 is 0 Å². The molecule has 104 valence electrons. The number of nitro benzene ring substituents is 1. The summed E-state index contributed by atoms with van der Waals surface area (Å²) in [4.78, 5) is 10.6. The van der Waals surface area contributed by atoms with Crippen molar-refractivity contribution in [3.63, 3.8) is 0 Å². The third-order valence-electron chi connectivity index (χ3n) is 3.30. The highest BCUT2D eigenvalue weighted by atomic mass is 16.7. The van der Waals surface area contributed by atoms with E-state index in [4.69, 9.17) is 15.2 Å². The molecule has 0 aromatic heterocycles. The first-order valence-corrected chi connectivity index (χ1v) is 5.81. The molecule has 0 saturated carbocycles. The predicted molar refractivity (Wildman–Crippen MR) is 67.0 cm³/mol. The van der Waals surface area contributed by atoms with Gasteiger partial charge in [-0.25, -0.2) is 0 Å². The van der Waals surface area contributed by atoms with Crippen LogP contribution in [0, 0.1) is 15.5 Å². The summed E-state index contributed by atoms with van der Waals surface area (Å²) in [6, 6.07) is 2.14. The fourth-order valence-corrected chi connectivity index (χ4v) is 1.87. The van der Waals surface area contributed by atoms with Gasteiger partial charge in [0.05, 0.1) is 16.6 Å². The number of benzene rings is 1. The minimum Gasteiger partial charge on any atom is -0.454 e. The minimum absolute atomic E-state index is 0.0363. The van der Waals surface area contributed by atoms with Gasteiger partial charge in [0.25, 0.3) is 5.69 Å². The Hall–Kier alpha value is -1.86. The van der Waals surface area contributed by atoms with Crippen molar-refractivity contribution in [1.29, 1.82) is 0 Å². The molecular formula is C12H16N2O5. The molecule has 0 fully saturated rings. The lowest BCUT2D eigenvalue weighted by Gasteiger charge is -2.29. The largest absolute Gasteiger partial charge is 0.454 e. The Balaban J connectivity index is 2.52. The Labute approximate surface area is 110 Å². The van der Waals surface area contributed by atoms with Gasteiger partial charge < -0.3 is 20.3 Å². The molecule has 1 aliphatic heterocycles. The van der Waals surface area contributed by atoms with Crippen LogP contribution in [0.2, 0.25) is 0 Å². The summed E-state index contributed by atoms with van der Waals surface area (Å²) in [6.45, 7) is 3.34. The normalized spacial score (nSPS) is 15.4. The molecule has 2 rings (SSSR count). The van der Waals surface area contributed by atoms with Crippen molar-refractivity contribution >= 4 is 5.69 Å². The topological polar surface area (TPSA) is 108 Å². The van der Waals surface area contributed by atoms with Crippen molar-refractivity contribution in [3.05, 3.63) is 27.8 Å². The van der Waals surface area contributed by atoms with E-state index < -0.39 is 16.4 Å². The minimum atomic E-state index is -0.688. The van der Waals surface area contributed by atoms with Gasteiger partial charge in [-0.1, -0.05) is 13.8 Å². The molecule has 19 heavy (non-hydrogen) atoms. The highest BCUT2D eigenvalue weighted by molar-refractivity contribution is 5.56. The van der Waals surface area contributed by atoms with E-state index in [1.165, 1.54) is 12.1 Å². The summed E-state index contributed by atoms with van der Waals surface area (Å²) in [5.41, 5.74) is 5.57. The number of ether oxygens (including phenoxy) is 2. The monoisotopic (exact) mass is 268 g/mol. The lowest BCUT2D eigenvalue weighted by molar-refractivity contribution is -0.386. The summed E-state index contributed by atoms with van der Waals surface area (Å²) in [7, 11) is 0. The third kappa shape index (κ3) is 2.34. The average Bonchev–Trinajstić information content (AvgIpc) is 2.83. The van der Waals surface area contributed by atoms with Crippen molar-refractivity contribution in [1.82, 2.24) is 0 Å². The molecular weight excluding hydrogens is 252 g/mol. The molecule has 1 aromatic rings. The number of rotatable bonds is 4. The van der Waals surface area contributed by atoms with Crippen LogP contribution in [-0.2, 0) is 0 Å². The number of nitrogens with zero attached hydrogens (tertiary/aromatic N) is 1. The van der Waals surface area contributed by atoms with Gasteiger partial charge in [-0.2, -0.15) is 0 Å². The zero-order chi connectivity index (χ0) is 14.2. The molecule has 7 heteroatoms. The van der Waals surface area contributed by atoms with Crippen molar-refractivity contribution in [3.8, 4) is 11.5 Å². The Morgan fingerprint density at radius 2 is 2.05 bits per heavy atom. The maximum Gasteiger partial charge on any atom is 0.278 e. The molecule has 0 amide bonds. The van der Waals surface area contributed by atoms with Gasteiger partial charge in [-0.3, -0.25) is 10.1 Å². The molecule has 7 nitrogen and oxygen atoms in total. The quantitative estimate of drug-likeness (QED) is 0.630. The number of nitro groups is 1. The number of nitrogens with two attached hydrogens (primary N) is 1. The van der Waals surface area contributed by atoms with Crippen LogP contribution in [0.4, 0.5) is 5.69 Å². The van der Waals surface area contributed by atoms with Gasteiger partial charge in [0.2, 0.25) is 6.79 Å². The van der Waals surface area contributed by atoms with Crippen LogP contribution in [0.3, 0.4) is 0 Å². The molecule has 0 unspecified atom stereocenters. The van der Waals surface area contributed by atoms with E-state index in [1.807, 2.05) is 0 Å². The Bertz CT molecular complexity index is 515. The van der Waals surface area contributed by atoms with Gasteiger partial charge in [-0.05, 0) is 6.07 Å². The van der Waals surface area contributed by atoms with E-state index in [2.05, 4.69) is 0 Å². The van der Waals surface area contributed by atoms with Gasteiger partial charge in [0.1, 0.15) is 0 Å². The first-order valence-electron chi connectivity index (χ1n) is 5.81. The molecule has 0 radical (unpaired) electrons. The molecule has 0 bridgehead atoms. The number of fused-ring (bicyclic) bond motifs is 1. The van der Waals surface area contributed by atoms with E-state index in [0.717, 1.165) is 0 Å². The number of hydrogen-bond acceptors (Lipinski definition) is 6. The highest BCUT2D eigenvalue weighted by Crippen LogP contribution is 2.43. The molecule has 0 aliphatic carbocycles. The van der Waals surface area contributed by atoms with Crippen molar-refractivity contribution in [2.75, 3.05) is 13.4 Å². The van der Waals surface area contributed by atoms with Gasteiger partial charge in [0.15, 0.2) is 11.5 Å². The average molecular weight is 268 g/mol. The molecule has 1 aliphatic rings. The second-order valence-corrected chi connectivity index (χ2v) is 5.15. The zero-order valence-corrected chi connectivity index (χ0v) is 10.8. The Morgan fingerprint density at radius 3 is 2.58 bits per heavy atom. The van der Waals surface area contributed by atoms with Crippen molar-refractivity contribution < 1.29 is 19.5 Å². The Kier molecular flexibility index (Phi) is 3.34. The molecule has 1 aromatic carbocycles. The first kappa shape index (κ1) is 13.6. The van der Waals surface area contributed by atoms with Crippen LogP contribution in [0.25, 0.3) is 0 Å². The summed E-state index contributed by atoms with van der Waals surface area (Å²) in [5, 5.41) is 20.5. The van der Waals surface area contributed by atoms with E-state index in [1.54, 1.807) is 13.8 Å². The maximum atomic E-state index is 11.1. The fraction of sp³-hybridized carbons (Fsp3) is 0.500. The SMILES string of the molecule is CC(C)(CO)[C@@H](N)c1cc2c(cc1[N+](=O)[O-])OCO2. The molecule has 1 heterocycles. The van der Waals surface area contributed by atoms with Crippen LogP contribution in [0.5, 0.6) is 11.5 Å². The molecule has 0 spiro atoms. The molecule has 3 N–H and O–H groups in total. The van der Waals surface area contributed by atoms with E-state index >= 15 is 0 Å². The summed E-state index contributed by atoms with van der Waals surface area (Å²) in [6.07, 6.45) is 0. The van der Waals surface area contributed by atoms with Crippen LogP contribution < -0.4 is 15.2 Å². The van der Waals surface area contributed by atoms with Crippen LogP contribution in [0.1, 0.15) is 25.5 Å². The van der Waals surface area contributed by atoms with E-state index in [9.17, 15) is 15.2 Å². The van der Waals surface area contributed by atoms with Crippen LogP contribution in [0.15, 0.2) is 12.1 Å². The third-order valence-corrected chi connectivity index (χ3v) is 3.30. The zero-order valence-electron chi connectivity index (χ0n) is 10.8. The number of aliphatic hydroxyl groups excluding tert-OH is 1. The second-order valence-electron chi connectivity index (χ2n) is 5.15. The molecule has 1 atom stereocenters. The van der Waals surface area contributed by atoms with Crippen LogP contribution in [-0.4, -0.2) is 23.4 Å². The number of aliphatic hydroxyl groups is 1. The summed E-state index contributed by atoms with van der Waals surface area (Å²) in [5.74, 6) is 0.772. The second kappa shape index (κ2) is 4.67. The summed E-state index contributed by atoms with van der Waals surface area (Å²) >= 11 is 0. The Morgan fingerprint density at radius 1 is 1.47 bits per heavy atom. The van der Waals surface area contributed by atoms with E-state index in [-0.39, 0.29) is 19.1 Å². The summed E-state index contributed by atoms with van der Waals surface area (Å²) < 4.78 is 10.3. The standard InChI is InChI=1S/C12H16N2O5/c1-12(2,5-15)11(13)7-3-9-10(19-6-18-9)4-8(7)14(16)17/h3-4,11,15H,5-6,13H2,1-2H3/t11-/m0/s1. The molecule has 0 saturated heterocycles. The van der Waals surface area contributed by atoms with Gasteiger partial charge in [-0.15, -0.1) is 0 Å². The van der Waals surface area contributed by atoms with Gasteiger partial charge in [0, 0.05) is 18.1 Å². The lowest BCUT2D eigenvalue weighted by atomic mass is 9.81. The fourth-order valence-electron chi connectivity index (χ4n) is 1.87. The smallest absolute Gasteiger partial charge is 0.278 e. The lowest BCUT2D eigenvalue weighted by Crippen LogP contribution is -2.32. The van der Waals surface area contributed by atoms with Crippen molar-refractivity contribution in [2.45, 2.75) is 19.9 Å². The predicted octanol–water partition coefficient (Wildman–Crippen LogP) is 1.34. The first-order chi connectivity index (χ1) is 8.86. The number of hydrogen-bond donors (Lipinski definition) is 2. The van der Waals surface area contributed by atoms with Crippen molar-refractivity contribution in [2.24, 2.45) is 11.1 Å². The van der Waals surface area contributed by atoms with E-state index in [0.29, 0.717) is 17.1 Å².